The van der Waals surface area contributed by atoms with Crippen molar-refractivity contribution in [1.29, 1.82) is 0 Å². The van der Waals surface area contributed by atoms with E-state index in [0.717, 1.165) is 22.7 Å². The fraction of sp³-hybridized carbons (Fsp3) is 0. The van der Waals surface area contributed by atoms with Gasteiger partial charge >= 0.3 is 5.97 Å². The number of hydrogen-bond donors (Lipinski definition) is 2. The van der Waals surface area contributed by atoms with E-state index in [1.807, 2.05) is 0 Å². The van der Waals surface area contributed by atoms with Crippen LogP contribution in [0.15, 0.2) is 88.4 Å². The zero-order valence-corrected chi connectivity index (χ0v) is 29.4. The second-order valence-electron chi connectivity index (χ2n) is 10.2. The van der Waals surface area contributed by atoms with E-state index in [1.54, 1.807) is 12.1 Å². The van der Waals surface area contributed by atoms with Crippen LogP contribution in [0.3, 0.4) is 0 Å². The summed E-state index contributed by atoms with van der Waals surface area (Å²) in [7, 11) is 0. The molecule has 18 heteroatoms. The van der Waals surface area contributed by atoms with Gasteiger partial charge in [-0.05, 0) is 54.6 Å². The van der Waals surface area contributed by atoms with E-state index in [0.29, 0.717) is 35.9 Å². The maximum Gasteiger partial charge on any atom is 0.355 e. The van der Waals surface area contributed by atoms with Crippen LogP contribution >= 0.6 is 61.8 Å². The number of nitro benzene ring substituents is 2. The van der Waals surface area contributed by atoms with Gasteiger partial charge in [-0.3, -0.25) is 29.8 Å². The van der Waals surface area contributed by atoms with Gasteiger partial charge in [0, 0.05) is 65.7 Å². The van der Waals surface area contributed by atoms with Gasteiger partial charge in [0.05, 0.1) is 26.1 Å². The van der Waals surface area contributed by atoms with Gasteiger partial charge in [-0.1, -0.05) is 39.1 Å². The molecule has 0 aliphatic rings. The third kappa shape index (κ3) is 7.19. The Morgan fingerprint density at radius 3 is 1.96 bits per heavy atom. The van der Waals surface area contributed by atoms with Crippen molar-refractivity contribution in [1.82, 2.24) is 5.43 Å². The number of benzene rings is 4. The van der Waals surface area contributed by atoms with Crippen molar-refractivity contribution in [3.8, 4) is 5.75 Å². The third-order valence-electron chi connectivity index (χ3n) is 6.99. The second kappa shape index (κ2) is 14.3. The van der Waals surface area contributed by atoms with Gasteiger partial charge in [0.15, 0.2) is 0 Å². The summed E-state index contributed by atoms with van der Waals surface area (Å²) in [6, 6.07) is 18.9. The van der Waals surface area contributed by atoms with Gasteiger partial charge in [0.2, 0.25) is 0 Å². The summed E-state index contributed by atoms with van der Waals surface area (Å²) in [5, 5.41) is 30.2. The van der Waals surface area contributed by atoms with Gasteiger partial charge in [-0.2, -0.15) is 5.10 Å². The smallest absolute Gasteiger partial charge is 0.355 e. The maximum atomic E-state index is 13.1. The van der Waals surface area contributed by atoms with E-state index in [9.17, 15) is 34.6 Å². The van der Waals surface area contributed by atoms with Crippen molar-refractivity contribution < 1.29 is 29.0 Å². The number of nitrogens with one attached hydrogen (secondary N) is 2. The van der Waals surface area contributed by atoms with Crippen LogP contribution in [-0.2, 0) is 0 Å². The highest BCUT2D eigenvalue weighted by atomic mass is 79.9. The molecule has 0 radical (unpaired) electrons. The number of fused-ring (bicyclic) bond motifs is 2. The Hall–Kier alpha value is -5.26. The molecule has 2 N–H and O–H groups in total. The summed E-state index contributed by atoms with van der Waals surface area (Å²) in [4.78, 5) is 60.2. The third-order valence-corrected chi connectivity index (χ3v) is 10.8. The number of hydrogen-bond acceptors (Lipinski definition) is 11. The minimum atomic E-state index is -0.786. The number of nitrogens with zero attached hydrogens (tertiary/aromatic N) is 3. The van der Waals surface area contributed by atoms with Crippen LogP contribution in [0.25, 0.3) is 20.2 Å². The normalized spacial score (nSPS) is 11.2. The molecule has 2 heterocycles. The summed E-state index contributed by atoms with van der Waals surface area (Å²) in [6.45, 7) is 0. The molecule has 6 aromatic rings. The van der Waals surface area contributed by atoms with Gasteiger partial charge < -0.3 is 10.1 Å². The Morgan fingerprint density at radius 1 is 0.780 bits per heavy atom. The first kappa shape index (κ1) is 34.6. The van der Waals surface area contributed by atoms with Crippen molar-refractivity contribution in [3.05, 3.63) is 134 Å². The predicted octanol–water partition coefficient (Wildman–Crippen LogP) is 9.24. The summed E-state index contributed by atoms with van der Waals surface area (Å²) in [5.74, 6) is -1.78. The predicted molar refractivity (Wildman–Crippen MR) is 196 cm³/mol. The summed E-state index contributed by atoms with van der Waals surface area (Å²) >= 11 is 18.1. The molecule has 13 nitrogen and oxygen atoms in total. The van der Waals surface area contributed by atoms with Crippen molar-refractivity contribution in [2.24, 2.45) is 5.10 Å². The zero-order valence-electron chi connectivity index (χ0n) is 24.6. The highest BCUT2D eigenvalue weighted by Gasteiger charge is 2.22. The quantitative estimate of drug-likeness (QED) is 0.0476. The summed E-state index contributed by atoms with van der Waals surface area (Å²) < 4.78 is 7.16. The number of ether oxygens (including phenoxy) is 1. The first-order valence-corrected chi connectivity index (χ1v) is 17.1. The lowest BCUT2D eigenvalue weighted by Crippen LogP contribution is -2.18. The number of anilines is 1. The van der Waals surface area contributed by atoms with E-state index < -0.39 is 27.6 Å². The highest BCUT2D eigenvalue weighted by Crippen LogP contribution is 2.39. The fourth-order valence-corrected chi connectivity index (χ4v) is 7.83. The lowest BCUT2D eigenvalue weighted by Gasteiger charge is -2.08. The van der Waals surface area contributed by atoms with Crippen LogP contribution in [0.4, 0.5) is 17.1 Å². The first-order chi connectivity index (χ1) is 23.9. The second-order valence-corrected chi connectivity index (χ2v) is 13.9. The molecule has 50 heavy (non-hydrogen) atoms. The van der Waals surface area contributed by atoms with Crippen molar-refractivity contribution in [2.45, 2.75) is 0 Å². The van der Waals surface area contributed by atoms with Crippen LogP contribution in [0, 0.1) is 20.2 Å². The van der Waals surface area contributed by atoms with E-state index in [4.69, 9.17) is 27.9 Å². The number of esters is 1. The zero-order chi connectivity index (χ0) is 35.7. The number of rotatable bonds is 9. The molecule has 0 atom stereocenters. The minimum absolute atomic E-state index is 0.0547. The molecule has 0 spiro atoms. The van der Waals surface area contributed by atoms with E-state index in [1.165, 1.54) is 72.9 Å². The Bertz CT molecular complexity index is 2430. The Balaban J connectivity index is 1.11. The molecule has 0 aliphatic carbocycles. The Labute approximate surface area is 306 Å². The number of nitro groups is 2. The number of carbonyl (C=O) groups is 3. The van der Waals surface area contributed by atoms with Crippen LogP contribution in [0.1, 0.15) is 35.3 Å². The number of carbonyl (C=O) groups excluding carboxylic acids is 3. The number of amides is 2. The molecule has 2 amide bonds. The molecule has 0 unspecified atom stereocenters. The van der Waals surface area contributed by atoms with Crippen LogP contribution in [0.2, 0.25) is 10.0 Å². The van der Waals surface area contributed by atoms with Gasteiger partial charge in [-0.15, -0.1) is 22.7 Å². The Kier molecular flexibility index (Phi) is 9.90. The molecule has 0 fully saturated rings. The van der Waals surface area contributed by atoms with Crippen LogP contribution < -0.4 is 15.5 Å². The largest absolute Gasteiger partial charge is 0.422 e. The standard InChI is InChI=1S/C32H16BrCl2N5O8S2/c33-17-3-10-23(48-32(43)29-27(35)22-9-7-20(40(46)47)13-25(22)50-29)16(11-17)14-36-38-30(41)15-1-4-18(5-2-15)37-31(42)28-26(34)21-8-6-19(39(44)45)12-24(21)49-28/h1-14H,(H,37,42)(H,38,41)/b36-14-. The first-order valence-electron chi connectivity index (χ1n) is 13.9. The van der Waals surface area contributed by atoms with Crippen LogP contribution in [-0.4, -0.2) is 33.8 Å². The number of thiophene rings is 2. The van der Waals surface area contributed by atoms with Crippen LogP contribution in [0.5, 0.6) is 5.75 Å². The monoisotopic (exact) mass is 811 g/mol. The van der Waals surface area contributed by atoms with E-state index in [-0.39, 0.29) is 42.5 Å². The Morgan fingerprint density at radius 2 is 1.36 bits per heavy atom. The van der Waals surface area contributed by atoms with E-state index >= 15 is 0 Å². The fourth-order valence-electron chi connectivity index (χ4n) is 4.59. The molecule has 2 aromatic heterocycles. The maximum absolute atomic E-state index is 13.1. The van der Waals surface area contributed by atoms with Gasteiger partial charge in [-0.25, -0.2) is 10.2 Å². The molecule has 0 saturated heterocycles. The topological polar surface area (TPSA) is 183 Å². The van der Waals surface area contributed by atoms with Crippen molar-refractivity contribution in [2.75, 3.05) is 5.32 Å². The number of hydrazone groups is 1. The lowest BCUT2D eigenvalue weighted by atomic mass is 10.2. The highest BCUT2D eigenvalue weighted by molar-refractivity contribution is 9.10. The van der Waals surface area contributed by atoms with E-state index in [2.05, 4.69) is 31.8 Å². The molecule has 4 aromatic carbocycles. The SMILES string of the molecule is O=C(N/N=C\c1cc(Br)ccc1OC(=O)c1sc2cc([N+](=O)[O-])ccc2c1Cl)c1ccc(NC(=O)c2sc3cc([N+](=O)[O-])ccc3c2Cl)cc1. The van der Waals surface area contributed by atoms with Crippen molar-refractivity contribution in [3.63, 3.8) is 0 Å². The summed E-state index contributed by atoms with van der Waals surface area (Å²) in [5.41, 5.74) is 3.04. The molecule has 0 saturated carbocycles. The van der Waals surface area contributed by atoms with Gasteiger partial charge in [0.25, 0.3) is 23.2 Å². The average molecular weight is 813 g/mol. The molecular weight excluding hydrogens is 797 g/mol. The average Bonchev–Trinajstić information content (AvgIpc) is 3.61. The van der Waals surface area contributed by atoms with Crippen molar-refractivity contribution >= 4 is 123 Å². The molecule has 0 aliphatic heterocycles. The summed E-state index contributed by atoms with van der Waals surface area (Å²) in [6.07, 6.45) is 1.28. The lowest BCUT2D eigenvalue weighted by molar-refractivity contribution is -0.384. The molecule has 0 bridgehead atoms. The molecule has 250 valence electrons. The minimum Gasteiger partial charge on any atom is -0.422 e. The number of halogens is 3. The molecule has 6 rings (SSSR count). The van der Waals surface area contributed by atoms with Gasteiger partial charge in [0.1, 0.15) is 15.5 Å². The number of non-ortho nitro benzene ring substituents is 2. The molecular formula is C32H16BrCl2N5O8S2.